The molecule has 94 valence electrons. The predicted molar refractivity (Wildman–Crippen MR) is 68.8 cm³/mol. The summed E-state index contributed by atoms with van der Waals surface area (Å²) in [6.45, 7) is 6.86. The van der Waals surface area contributed by atoms with Crippen LogP contribution in [0.3, 0.4) is 0 Å². The maximum atomic E-state index is 10.8. The van der Waals surface area contributed by atoms with Gasteiger partial charge in [0, 0.05) is 12.6 Å². The minimum absolute atomic E-state index is 0.00458. The standard InChI is InChI=1S/C12H19N3O2/c1-3-7-14(4-2)9-10-5-6-11(13)12(8-10)15(16)17/h5-6,8H,3-4,7,9,13H2,1-2H3. The van der Waals surface area contributed by atoms with Crippen molar-refractivity contribution in [2.24, 2.45) is 0 Å². The molecular formula is C12H19N3O2. The Balaban J connectivity index is 2.84. The number of hydrogen-bond donors (Lipinski definition) is 1. The summed E-state index contributed by atoms with van der Waals surface area (Å²) < 4.78 is 0. The van der Waals surface area contributed by atoms with Crippen LogP contribution in [-0.4, -0.2) is 22.9 Å². The molecule has 1 aromatic rings. The van der Waals surface area contributed by atoms with Crippen LogP contribution in [0.5, 0.6) is 0 Å². The van der Waals surface area contributed by atoms with Gasteiger partial charge in [-0.05, 0) is 31.1 Å². The van der Waals surface area contributed by atoms with Gasteiger partial charge in [0.05, 0.1) is 4.92 Å². The lowest BCUT2D eigenvalue weighted by Crippen LogP contribution is -2.23. The van der Waals surface area contributed by atoms with E-state index in [0.717, 1.165) is 31.6 Å². The fourth-order valence-corrected chi connectivity index (χ4v) is 1.77. The molecule has 0 heterocycles. The van der Waals surface area contributed by atoms with Crippen molar-refractivity contribution in [2.75, 3.05) is 18.8 Å². The largest absolute Gasteiger partial charge is 0.393 e. The lowest BCUT2D eigenvalue weighted by atomic mass is 10.1. The van der Waals surface area contributed by atoms with Crippen LogP contribution < -0.4 is 5.73 Å². The average molecular weight is 237 g/mol. The Morgan fingerprint density at radius 3 is 2.65 bits per heavy atom. The molecule has 17 heavy (non-hydrogen) atoms. The summed E-state index contributed by atoms with van der Waals surface area (Å²) in [5, 5.41) is 10.8. The van der Waals surface area contributed by atoms with Gasteiger partial charge in [-0.2, -0.15) is 0 Å². The highest BCUT2D eigenvalue weighted by atomic mass is 16.6. The van der Waals surface area contributed by atoms with E-state index in [1.807, 2.05) is 6.07 Å². The Morgan fingerprint density at radius 2 is 2.12 bits per heavy atom. The van der Waals surface area contributed by atoms with Crippen LogP contribution in [0.2, 0.25) is 0 Å². The second-order valence-electron chi connectivity index (χ2n) is 4.02. The maximum Gasteiger partial charge on any atom is 0.292 e. The van der Waals surface area contributed by atoms with E-state index in [-0.39, 0.29) is 11.4 Å². The monoisotopic (exact) mass is 237 g/mol. The Kier molecular flexibility index (Phi) is 4.90. The molecule has 0 atom stereocenters. The van der Waals surface area contributed by atoms with E-state index in [1.54, 1.807) is 12.1 Å². The average Bonchev–Trinajstić information content (AvgIpc) is 2.30. The van der Waals surface area contributed by atoms with Crippen LogP contribution in [0.1, 0.15) is 25.8 Å². The quantitative estimate of drug-likeness (QED) is 0.468. The van der Waals surface area contributed by atoms with E-state index in [1.165, 1.54) is 0 Å². The van der Waals surface area contributed by atoms with Crippen molar-refractivity contribution in [1.29, 1.82) is 0 Å². The summed E-state index contributed by atoms with van der Waals surface area (Å²) in [6, 6.07) is 5.02. The summed E-state index contributed by atoms with van der Waals surface area (Å²) in [5.41, 5.74) is 6.70. The molecule has 0 aromatic heterocycles. The van der Waals surface area contributed by atoms with Crippen molar-refractivity contribution in [1.82, 2.24) is 4.90 Å². The van der Waals surface area contributed by atoms with E-state index in [4.69, 9.17) is 5.73 Å². The van der Waals surface area contributed by atoms with E-state index in [0.29, 0.717) is 0 Å². The Labute approximate surface area is 101 Å². The maximum absolute atomic E-state index is 10.8. The molecule has 0 amide bonds. The molecule has 0 aliphatic heterocycles. The van der Waals surface area contributed by atoms with Gasteiger partial charge in [0.15, 0.2) is 0 Å². The normalized spacial score (nSPS) is 10.8. The number of nitrogens with two attached hydrogens (primary N) is 1. The highest BCUT2D eigenvalue weighted by Gasteiger charge is 2.12. The first-order valence-corrected chi connectivity index (χ1v) is 5.83. The lowest BCUT2D eigenvalue weighted by Gasteiger charge is -2.19. The van der Waals surface area contributed by atoms with Crippen molar-refractivity contribution in [2.45, 2.75) is 26.8 Å². The van der Waals surface area contributed by atoms with Gasteiger partial charge < -0.3 is 5.73 Å². The third-order valence-corrected chi connectivity index (χ3v) is 2.68. The zero-order valence-electron chi connectivity index (χ0n) is 10.3. The van der Waals surface area contributed by atoms with Gasteiger partial charge in [-0.15, -0.1) is 0 Å². The van der Waals surface area contributed by atoms with Crippen LogP contribution in [0.4, 0.5) is 11.4 Å². The summed E-state index contributed by atoms with van der Waals surface area (Å²) >= 11 is 0. The fourth-order valence-electron chi connectivity index (χ4n) is 1.77. The summed E-state index contributed by atoms with van der Waals surface area (Å²) in [6.07, 6.45) is 1.07. The van der Waals surface area contributed by atoms with Crippen LogP contribution in [0, 0.1) is 10.1 Å². The number of nitro benzene ring substituents is 1. The number of hydrogen-bond acceptors (Lipinski definition) is 4. The zero-order valence-corrected chi connectivity index (χ0v) is 10.3. The zero-order chi connectivity index (χ0) is 12.8. The lowest BCUT2D eigenvalue weighted by molar-refractivity contribution is -0.384. The minimum Gasteiger partial charge on any atom is -0.393 e. The van der Waals surface area contributed by atoms with Crippen LogP contribution in [0.15, 0.2) is 18.2 Å². The van der Waals surface area contributed by atoms with Crippen molar-refractivity contribution in [3.05, 3.63) is 33.9 Å². The van der Waals surface area contributed by atoms with Crippen LogP contribution in [-0.2, 0) is 6.54 Å². The van der Waals surface area contributed by atoms with Gasteiger partial charge in [-0.1, -0.05) is 19.9 Å². The van der Waals surface area contributed by atoms with Crippen molar-refractivity contribution in [3.63, 3.8) is 0 Å². The minimum atomic E-state index is -0.436. The number of nitro groups is 1. The summed E-state index contributed by atoms with van der Waals surface area (Å²) in [4.78, 5) is 12.6. The van der Waals surface area contributed by atoms with Crippen molar-refractivity contribution in [3.8, 4) is 0 Å². The molecular weight excluding hydrogens is 218 g/mol. The molecule has 5 nitrogen and oxygen atoms in total. The highest BCUT2D eigenvalue weighted by Crippen LogP contribution is 2.23. The highest BCUT2D eigenvalue weighted by molar-refractivity contribution is 5.59. The smallest absolute Gasteiger partial charge is 0.292 e. The van der Waals surface area contributed by atoms with Gasteiger partial charge in [-0.3, -0.25) is 15.0 Å². The Hall–Kier alpha value is -1.62. The van der Waals surface area contributed by atoms with Crippen LogP contribution >= 0.6 is 0 Å². The van der Waals surface area contributed by atoms with E-state index >= 15 is 0 Å². The molecule has 0 aliphatic carbocycles. The van der Waals surface area contributed by atoms with Gasteiger partial charge in [0.1, 0.15) is 5.69 Å². The number of nitrogen functional groups attached to an aromatic ring is 1. The molecule has 0 unspecified atom stereocenters. The van der Waals surface area contributed by atoms with Gasteiger partial charge >= 0.3 is 0 Å². The third-order valence-electron chi connectivity index (χ3n) is 2.68. The third kappa shape index (κ3) is 3.71. The molecule has 0 saturated carbocycles. The Morgan fingerprint density at radius 1 is 1.41 bits per heavy atom. The number of nitrogens with zero attached hydrogens (tertiary/aromatic N) is 2. The first-order valence-electron chi connectivity index (χ1n) is 5.83. The molecule has 0 bridgehead atoms. The predicted octanol–water partition coefficient (Wildman–Crippen LogP) is 2.41. The molecule has 0 fully saturated rings. The van der Waals surface area contributed by atoms with Gasteiger partial charge in [0.2, 0.25) is 0 Å². The SMILES string of the molecule is CCCN(CC)Cc1ccc(N)c([N+](=O)[O-])c1. The topological polar surface area (TPSA) is 72.4 Å². The molecule has 0 saturated heterocycles. The molecule has 0 spiro atoms. The van der Waals surface area contributed by atoms with Crippen molar-refractivity contribution < 1.29 is 4.92 Å². The molecule has 0 radical (unpaired) electrons. The molecule has 5 heteroatoms. The van der Waals surface area contributed by atoms with E-state index < -0.39 is 4.92 Å². The second kappa shape index (κ2) is 6.20. The van der Waals surface area contributed by atoms with Gasteiger partial charge in [0.25, 0.3) is 5.69 Å². The van der Waals surface area contributed by atoms with Gasteiger partial charge in [-0.25, -0.2) is 0 Å². The number of rotatable bonds is 6. The second-order valence-corrected chi connectivity index (χ2v) is 4.02. The van der Waals surface area contributed by atoms with Crippen molar-refractivity contribution >= 4 is 11.4 Å². The first-order chi connectivity index (χ1) is 8.08. The Bertz CT molecular complexity index is 393. The fraction of sp³-hybridized carbons (Fsp3) is 0.500. The van der Waals surface area contributed by atoms with E-state index in [9.17, 15) is 10.1 Å². The molecule has 2 N–H and O–H groups in total. The van der Waals surface area contributed by atoms with E-state index in [2.05, 4.69) is 18.7 Å². The number of benzene rings is 1. The summed E-state index contributed by atoms with van der Waals surface area (Å²) in [7, 11) is 0. The molecule has 1 rings (SSSR count). The first kappa shape index (κ1) is 13.4. The van der Waals surface area contributed by atoms with Crippen LogP contribution in [0.25, 0.3) is 0 Å². The molecule has 0 aliphatic rings. The summed E-state index contributed by atoms with van der Waals surface area (Å²) in [5.74, 6) is 0. The molecule has 1 aromatic carbocycles. The number of anilines is 1.